The molecule has 0 radical (unpaired) electrons. The van der Waals surface area contributed by atoms with E-state index >= 15 is 0 Å². The summed E-state index contributed by atoms with van der Waals surface area (Å²) in [6.45, 7) is 1.50. The Bertz CT molecular complexity index is 3070. The maximum absolute atomic E-state index is 12.6. The number of phenols is 3. The first-order valence-corrected chi connectivity index (χ1v) is 18.8. The number of benzene rings is 5. The van der Waals surface area contributed by atoms with Gasteiger partial charge in [0.15, 0.2) is 0 Å². The van der Waals surface area contributed by atoms with Crippen LogP contribution in [0.1, 0.15) is 5.69 Å². The van der Waals surface area contributed by atoms with E-state index in [1.54, 1.807) is 0 Å². The van der Waals surface area contributed by atoms with E-state index in [4.69, 9.17) is 10.3 Å². The van der Waals surface area contributed by atoms with Gasteiger partial charge < -0.3 is 25.2 Å². The number of primary sulfonamides is 2. The quantitative estimate of drug-likeness (QED) is 0.0432. The van der Waals surface area contributed by atoms with Gasteiger partial charge in [0.25, 0.3) is 11.4 Å². The summed E-state index contributed by atoms with van der Waals surface area (Å²) >= 11 is 0. The van der Waals surface area contributed by atoms with Crippen molar-refractivity contribution in [3.8, 4) is 22.9 Å². The molecular weight excluding hydrogens is 902 g/mol. The van der Waals surface area contributed by atoms with Gasteiger partial charge in [-0.3, -0.25) is 30.3 Å². The average Bonchev–Trinajstić information content (AvgIpc) is 3.45. The molecule has 0 bridgehead atoms. The van der Waals surface area contributed by atoms with Crippen molar-refractivity contribution < 1.29 is 93.8 Å². The van der Waals surface area contributed by atoms with Crippen molar-refractivity contribution in [3.05, 3.63) is 131 Å². The Balaban J connectivity index is 0.000000315. The zero-order chi connectivity index (χ0) is 43.6. The van der Waals surface area contributed by atoms with E-state index < -0.39 is 63.2 Å². The fourth-order valence-electron chi connectivity index (χ4n) is 4.95. The largest absolute Gasteiger partial charge is 1.00 e. The number of aromatic nitrogens is 2. The molecule has 0 aliphatic rings. The number of aryl methyl sites for hydroxylation is 1. The van der Waals surface area contributed by atoms with E-state index in [2.05, 4.69) is 25.6 Å². The molecule has 0 saturated heterocycles. The summed E-state index contributed by atoms with van der Waals surface area (Å²) < 4.78 is 46.6. The molecule has 310 valence electrons. The Labute approximate surface area is 373 Å². The predicted octanol–water partition coefficient (Wildman–Crippen LogP) is 2.07. The van der Waals surface area contributed by atoms with Gasteiger partial charge in [-0.05, 0) is 53.9 Å². The first kappa shape index (κ1) is 48.9. The summed E-state index contributed by atoms with van der Waals surface area (Å²) in [6, 6.07) is 16.0. The second kappa shape index (κ2) is 19.3. The molecule has 0 fully saturated rings. The second-order valence-electron chi connectivity index (χ2n) is 11.7. The number of rotatable bonds is 10. The maximum Gasteiger partial charge on any atom is 1.00 e. The van der Waals surface area contributed by atoms with E-state index in [1.807, 2.05) is 0 Å². The molecule has 1 aromatic heterocycles. The van der Waals surface area contributed by atoms with Crippen molar-refractivity contribution in [3.63, 3.8) is 0 Å². The van der Waals surface area contributed by atoms with Crippen LogP contribution in [0.25, 0.3) is 16.5 Å². The Morgan fingerprint density at radius 2 is 1.28 bits per heavy atom. The van der Waals surface area contributed by atoms with Crippen LogP contribution in [0.15, 0.2) is 120 Å². The van der Waals surface area contributed by atoms with E-state index in [-0.39, 0.29) is 108 Å². The molecule has 7 N–H and O–H groups in total. The van der Waals surface area contributed by atoms with Crippen LogP contribution < -0.4 is 45.4 Å². The second-order valence-corrected chi connectivity index (χ2v) is 14.9. The number of phenolic OH excluding ortho intramolecular Hbond substituents is 3. The third-order valence-corrected chi connectivity index (χ3v) is 9.66. The smallest absolute Gasteiger partial charge is 0.506 e. The van der Waals surface area contributed by atoms with Crippen LogP contribution in [-0.2, 0) is 37.4 Å². The van der Waals surface area contributed by atoms with E-state index in [0.717, 1.165) is 28.9 Å². The van der Waals surface area contributed by atoms with Gasteiger partial charge in [-0.2, -0.15) is 5.11 Å². The van der Waals surface area contributed by atoms with Crippen LogP contribution in [0.3, 0.4) is 0 Å². The third-order valence-electron chi connectivity index (χ3n) is 7.81. The van der Waals surface area contributed by atoms with Crippen molar-refractivity contribution >= 4 is 70.6 Å². The Kier molecular flexibility index (Phi) is 15.4. The number of nitro groups is 3. The van der Waals surface area contributed by atoms with Gasteiger partial charge in [-0.25, -0.2) is 36.9 Å². The van der Waals surface area contributed by atoms with E-state index in [1.165, 1.54) is 61.5 Å². The molecule has 0 saturated carbocycles. The molecule has 0 unspecified atom stereocenters. The van der Waals surface area contributed by atoms with Gasteiger partial charge >= 0.3 is 35.2 Å². The number of sulfonamides is 2. The van der Waals surface area contributed by atoms with Gasteiger partial charge in [0, 0.05) is 40.9 Å². The summed E-state index contributed by atoms with van der Waals surface area (Å²) in [5.41, 5.74) is -3.21. The third kappa shape index (κ3) is 11.2. The number of nitrogens with zero attached hydrogens (tertiary/aromatic N) is 9. The van der Waals surface area contributed by atoms with Gasteiger partial charge in [0.2, 0.25) is 25.8 Å². The number of aromatic hydroxyl groups is 3. The minimum Gasteiger partial charge on any atom is -0.506 e. The molecule has 29 heteroatoms. The first-order valence-electron chi connectivity index (χ1n) is 15.7. The summed E-state index contributed by atoms with van der Waals surface area (Å²) in [7, 11) is -7.86. The molecule has 61 heavy (non-hydrogen) atoms. The number of non-ortho nitro benzene ring substituents is 2. The molecule has 6 aromatic rings. The van der Waals surface area contributed by atoms with Crippen LogP contribution >= 0.6 is 0 Å². The number of fused-ring (bicyclic) bond motifs is 1. The van der Waals surface area contributed by atoms with E-state index in [9.17, 15) is 67.3 Å². The first-order chi connectivity index (χ1) is 27.6. The fourth-order valence-corrected chi connectivity index (χ4v) is 6.02. The number of hydrogen-bond acceptors (Lipinski definition) is 19. The number of hydrogen-bond donors (Lipinski definition) is 5. The molecule has 6 rings (SSSR count). The summed E-state index contributed by atoms with van der Waals surface area (Å²) in [4.78, 5) is 42.5. The van der Waals surface area contributed by atoms with Crippen LogP contribution in [0.5, 0.6) is 17.2 Å². The Hall–Kier alpha value is -6.48. The maximum atomic E-state index is 12.6. The van der Waals surface area contributed by atoms with Crippen LogP contribution in [-0.4, -0.2) is 56.7 Å². The van der Waals surface area contributed by atoms with Crippen molar-refractivity contribution in [1.82, 2.24) is 9.78 Å². The summed E-state index contributed by atoms with van der Waals surface area (Å²) in [5, 5.41) is 92.3. The minimum atomic E-state index is -3.98. The molecular formula is C32H24CrN11NaO14S2. The molecule has 0 spiro atoms. The van der Waals surface area contributed by atoms with Crippen LogP contribution in [0.2, 0.25) is 0 Å². The van der Waals surface area contributed by atoms with Crippen LogP contribution in [0.4, 0.5) is 39.8 Å². The fraction of sp³-hybridized carbons (Fsp3) is 0.0312. The average molecular weight is 926 g/mol. The zero-order valence-electron chi connectivity index (χ0n) is 30.8. The van der Waals surface area contributed by atoms with Crippen LogP contribution in [0, 0.1) is 37.3 Å². The van der Waals surface area contributed by atoms with Crippen molar-refractivity contribution in [2.24, 2.45) is 30.7 Å². The summed E-state index contributed by atoms with van der Waals surface area (Å²) in [6.07, 6.45) is 0. The molecule has 0 atom stereocenters. The zero-order valence-corrected chi connectivity index (χ0v) is 35.7. The summed E-state index contributed by atoms with van der Waals surface area (Å²) in [5.74, 6) is -1.69. The van der Waals surface area contributed by atoms with Gasteiger partial charge in [0.05, 0.1) is 36.3 Å². The van der Waals surface area contributed by atoms with Crippen molar-refractivity contribution in [2.75, 3.05) is 0 Å². The van der Waals surface area contributed by atoms with Crippen molar-refractivity contribution in [2.45, 2.75) is 16.7 Å². The standard InChI is InChI=1S/C16H13N6O6S.C16H11N5O8S.Cr.Na/c1-9-15(19-18-13-8-11(22(25)26)4-7-14(13)23)16(24)21(20-9)10-2-5-12(6-3-10)29(17,27)28;17-30(28,29)10-2-3-11-8(5-10)1-4-14(22)15(11)19-18-12-6-9(20(24)25)7-13(16(12)23)21(26)27;;/h2-8,23H,1H3,(H2,17,27,28);1-7,22-23H,(H2,17,28,29);;/q-1;;;+1. The predicted molar refractivity (Wildman–Crippen MR) is 203 cm³/mol. The normalized spacial score (nSPS) is 11.4. The molecule has 1 heterocycles. The molecule has 5 aromatic carbocycles. The topological polar surface area (TPSA) is 395 Å². The Morgan fingerprint density at radius 3 is 1.85 bits per heavy atom. The van der Waals surface area contributed by atoms with E-state index in [0.29, 0.717) is 11.5 Å². The number of azo groups is 2. The molecule has 0 amide bonds. The number of nitro benzene ring substituents is 3. The molecule has 0 aliphatic heterocycles. The minimum absolute atomic E-state index is 0. The van der Waals surface area contributed by atoms with Crippen molar-refractivity contribution in [1.29, 1.82) is 0 Å². The number of nitrogens with two attached hydrogens (primary N) is 2. The van der Waals surface area contributed by atoms with Gasteiger partial charge in [-0.1, -0.05) is 24.8 Å². The van der Waals surface area contributed by atoms with Gasteiger partial charge in [0.1, 0.15) is 34.1 Å². The Morgan fingerprint density at radius 1 is 0.705 bits per heavy atom. The monoisotopic (exact) mass is 925 g/mol. The molecule has 0 aliphatic carbocycles. The molecule has 25 nitrogen and oxygen atoms in total. The SMILES string of the molecule is Cc1nn(-c2ccc(S(N)(=O)=O)cc2)c(=O)[c-]1N=Nc1cc([N+](=O)[O-])ccc1O.NS(=O)(=O)c1ccc2c(N=Nc3cc([N+](=O)[O-])cc([N+](=O)[O-])c3O)c(O)ccc2c1.[Cr].[Na+]. The van der Waals surface area contributed by atoms with Gasteiger partial charge in [-0.15, -0.1) is 15.9 Å².